The summed E-state index contributed by atoms with van der Waals surface area (Å²) in [5.41, 5.74) is 2.67. The number of methoxy groups -OCH3 is 1. The van der Waals surface area contributed by atoms with Gasteiger partial charge < -0.3 is 4.74 Å². The van der Waals surface area contributed by atoms with E-state index < -0.39 is 0 Å². The van der Waals surface area contributed by atoms with E-state index in [2.05, 4.69) is 9.97 Å². The second-order valence-electron chi connectivity index (χ2n) is 5.49. The Morgan fingerprint density at radius 2 is 1.81 bits per heavy atom. The first-order valence-electron chi connectivity index (χ1n) is 7.79. The summed E-state index contributed by atoms with van der Waals surface area (Å²) in [7, 11) is 1.56. The first kappa shape index (κ1) is 16.3. The number of para-hydroxylation sites is 1. The van der Waals surface area contributed by atoms with Gasteiger partial charge in [-0.05, 0) is 48.2 Å². The van der Waals surface area contributed by atoms with Crippen molar-refractivity contribution in [2.24, 2.45) is 0 Å². The van der Waals surface area contributed by atoms with Crippen molar-refractivity contribution in [2.75, 3.05) is 12.0 Å². The summed E-state index contributed by atoms with van der Waals surface area (Å²) in [6.45, 7) is 0. The van der Waals surface area contributed by atoms with Crippen LogP contribution in [0.1, 0.15) is 5.56 Å². The van der Waals surface area contributed by atoms with Crippen LogP contribution in [0, 0.1) is 0 Å². The minimum absolute atomic E-state index is 0.335. The number of aromatic nitrogens is 2. The van der Waals surface area contributed by atoms with Crippen molar-refractivity contribution in [2.45, 2.75) is 0 Å². The van der Waals surface area contributed by atoms with Crippen LogP contribution in [0.15, 0.2) is 59.8 Å². The maximum Gasteiger partial charge on any atom is 0.298 e. The molecule has 26 heavy (non-hydrogen) atoms. The van der Waals surface area contributed by atoms with E-state index in [1.54, 1.807) is 49.8 Å². The van der Waals surface area contributed by atoms with Crippen LogP contribution in [-0.2, 0) is 4.79 Å². The van der Waals surface area contributed by atoms with Gasteiger partial charge in [-0.1, -0.05) is 12.1 Å². The average molecular weight is 363 g/mol. The SMILES string of the molecule is COc1ccc(N2C(=O)SC(=Cc3cccc4nccnc34)C2=O)cc1. The van der Waals surface area contributed by atoms with Crippen molar-refractivity contribution in [3.05, 3.63) is 65.3 Å². The molecule has 4 rings (SSSR count). The maximum absolute atomic E-state index is 12.8. The van der Waals surface area contributed by atoms with Crippen LogP contribution in [0.2, 0.25) is 0 Å². The zero-order valence-corrected chi connectivity index (χ0v) is 14.6. The van der Waals surface area contributed by atoms with Crippen molar-refractivity contribution in [3.8, 4) is 5.75 Å². The molecule has 1 aliphatic heterocycles. The highest BCUT2D eigenvalue weighted by Crippen LogP contribution is 2.36. The van der Waals surface area contributed by atoms with Gasteiger partial charge in [-0.15, -0.1) is 0 Å². The molecule has 1 fully saturated rings. The van der Waals surface area contributed by atoms with Gasteiger partial charge in [0.2, 0.25) is 0 Å². The van der Waals surface area contributed by atoms with Crippen molar-refractivity contribution >= 4 is 45.7 Å². The molecule has 0 saturated carbocycles. The topological polar surface area (TPSA) is 72.4 Å². The molecular weight excluding hydrogens is 350 g/mol. The number of hydrogen-bond acceptors (Lipinski definition) is 6. The van der Waals surface area contributed by atoms with E-state index in [0.29, 0.717) is 21.9 Å². The standard InChI is InChI=1S/C19H13N3O3S/c1-25-14-7-5-13(6-8-14)22-18(23)16(26-19(22)24)11-12-3-2-4-15-17(12)21-10-9-20-15/h2-11H,1H3. The molecule has 1 aliphatic rings. The third kappa shape index (κ3) is 2.82. The highest BCUT2D eigenvalue weighted by atomic mass is 32.2. The molecule has 0 bridgehead atoms. The van der Waals surface area contributed by atoms with Gasteiger partial charge in [0.05, 0.1) is 28.7 Å². The Labute approximate surface area is 153 Å². The van der Waals surface area contributed by atoms with Gasteiger partial charge in [-0.3, -0.25) is 19.6 Å². The summed E-state index contributed by atoms with van der Waals surface area (Å²) in [4.78, 5) is 35.2. The van der Waals surface area contributed by atoms with Gasteiger partial charge in [-0.2, -0.15) is 0 Å². The minimum Gasteiger partial charge on any atom is -0.497 e. The summed E-state index contributed by atoms with van der Waals surface area (Å²) in [5.74, 6) is 0.302. The Morgan fingerprint density at radius 1 is 1.04 bits per heavy atom. The average Bonchev–Trinajstić information content (AvgIpc) is 2.95. The molecule has 128 valence electrons. The van der Waals surface area contributed by atoms with E-state index >= 15 is 0 Å². The maximum atomic E-state index is 12.8. The number of amides is 2. The number of carbonyl (C=O) groups excluding carboxylic acids is 2. The summed E-state index contributed by atoms with van der Waals surface area (Å²) in [5, 5.41) is -0.335. The molecule has 0 unspecified atom stereocenters. The number of anilines is 1. The highest BCUT2D eigenvalue weighted by Gasteiger charge is 2.36. The van der Waals surface area contributed by atoms with Crippen molar-refractivity contribution in [1.29, 1.82) is 0 Å². The summed E-state index contributed by atoms with van der Waals surface area (Å²) in [6.07, 6.45) is 4.90. The van der Waals surface area contributed by atoms with E-state index in [-0.39, 0.29) is 11.1 Å². The van der Waals surface area contributed by atoms with Crippen LogP contribution in [0.3, 0.4) is 0 Å². The Balaban J connectivity index is 1.71. The molecule has 0 aliphatic carbocycles. The van der Waals surface area contributed by atoms with Crippen LogP contribution in [0.4, 0.5) is 10.5 Å². The lowest BCUT2D eigenvalue weighted by molar-refractivity contribution is -0.113. The number of nitrogens with zero attached hydrogens (tertiary/aromatic N) is 3. The second-order valence-corrected chi connectivity index (χ2v) is 6.48. The molecule has 1 saturated heterocycles. The number of fused-ring (bicyclic) bond motifs is 1. The smallest absolute Gasteiger partial charge is 0.298 e. The van der Waals surface area contributed by atoms with Gasteiger partial charge in [0.25, 0.3) is 11.1 Å². The molecule has 0 spiro atoms. The fraction of sp³-hybridized carbons (Fsp3) is 0.0526. The summed E-state index contributed by atoms with van der Waals surface area (Å²) >= 11 is 0.909. The lowest BCUT2D eigenvalue weighted by atomic mass is 10.1. The van der Waals surface area contributed by atoms with Crippen LogP contribution in [0.25, 0.3) is 17.1 Å². The molecule has 6 nitrogen and oxygen atoms in total. The Hall–Kier alpha value is -3.19. The molecule has 2 heterocycles. The van der Waals surface area contributed by atoms with Crippen LogP contribution in [-0.4, -0.2) is 28.2 Å². The fourth-order valence-corrected chi connectivity index (χ4v) is 3.53. The number of rotatable bonds is 3. The van der Waals surface area contributed by atoms with Gasteiger partial charge in [0.1, 0.15) is 5.75 Å². The number of ether oxygens (including phenoxy) is 1. The third-order valence-electron chi connectivity index (χ3n) is 3.94. The number of benzene rings is 2. The molecule has 1 aromatic heterocycles. The van der Waals surface area contributed by atoms with Gasteiger partial charge in [0.15, 0.2) is 0 Å². The second kappa shape index (κ2) is 6.61. The normalized spacial score (nSPS) is 15.9. The molecule has 2 amide bonds. The van der Waals surface area contributed by atoms with Gasteiger partial charge >= 0.3 is 0 Å². The molecule has 3 aromatic rings. The molecule has 7 heteroatoms. The Kier molecular flexibility index (Phi) is 4.14. The van der Waals surface area contributed by atoms with Crippen molar-refractivity contribution in [1.82, 2.24) is 9.97 Å². The Morgan fingerprint density at radius 3 is 2.58 bits per heavy atom. The minimum atomic E-state index is -0.355. The molecule has 2 aromatic carbocycles. The predicted octanol–water partition coefficient (Wildman–Crippen LogP) is 3.88. The van der Waals surface area contributed by atoms with Crippen molar-refractivity contribution < 1.29 is 14.3 Å². The Bertz CT molecular complexity index is 1040. The van der Waals surface area contributed by atoms with Crippen LogP contribution in [0.5, 0.6) is 5.75 Å². The predicted molar refractivity (Wildman–Crippen MR) is 101 cm³/mol. The third-order valence-corrected chi connectivity index (χ3v) is 4.81. The number of thioether (sulfide) groups is 1. The molecular formula is C19H13N3O3S. The summed E-state index contributed by atoms with van der Waals surface area (Å²) < 4.78 is 5.11. The lowest BCUT2D eigenvalue weighted by Crippen LogP contribution is -2.27. The highest BCUT2D eigenvalue weighted by molar-refractivity contribution is 8.19. The molecule has 0 atom stereocenters. The first-order chi connectivity index (χ1) is 12.7. The lowest BCUT2D eigenvalue weighted by Gasteiger charge is -2.12. The zero-order chi connectivity index (χ0) is 18.1. The van der Waals surface area contributed by atoms with E-state index in [1.807, 2.05) is 18.2 Å². The van der Waals surface area contributed by atoms with E-state index in [9.17, 15) is 9.59 Å². The van der Waals surface area contributed by atoms with E-state index in [0.717, 1.165) is 27.7 Å². The van der Waals surface area contributed by atoms with Gasteiger partial charge in [0, 0.05) is 18.0 Å². The van der Waals surface area contributed by atoms with E-state index in [1.165, 1.54) is 0 Å². The zero-order valence-electron chi connectivity index (χ0n) is 13.7. The van der Waals surface area contributed by atoms with Crippen LogP contribution >= 0.6 is 11.8 Å². The van der Waals surface area contributed by atoms with Crippen molar-refractivity contribution in [3.63, 3.8) is 0 Å². The number of hydrogen-bond donors (Lipinski definition) is 0. The van der Waals surface area contributed by atoms with Gasteiger partial charge in [-0.25, -0.2) is 4.90 Å². The first-order valence-corrected chi connectivity index (χ1v) is 8.61. The fourth-order valence-electron chi connectivity index (χ4n) is 2.69. The number of carbonyl (C=O) groups is 2. The summed E-state index contributed by atoms with van der Waals surface area (Å²) in [6, 6.07) is 12.3. The quantitative estimate of drug-likeness (QED) is 0.658. The monoisotopic (exact) mass is 363 g/mol. The van der Waals surface area contributed by atoms with E-state index in [4.69, 9.17) is 4.74 Å². The largest absolute Gasteiger partial charge is 0.497 e. The molecule has 0 radical (unpaired) electrons. The molecule has 0 N–H and O–H groups in total. The van der Waals surface area contributed by atoms with Crippen LogP contribution < -0.4 is 9.64 Å². The number of imide groups is 1.